The Kier molecular flexibility index (Phi) is 9.52. The molecule has 0 aliphatic heterocycles. The Morgan fingerprint density at radius 1 is 0.809 bits per heavy atom. The van der Waals surface area contributed by atoms with Gasteiger partial charge in [-0.25, -0.2) is 4.39 Å². The molecule has 1 aliphatic rings. The molecule has 0 saturated carbocycles. The molecule has 0 radical (unpaired) electrons. The van der Waals surface area contributed by atoms with Crippen LogP contribution >= 0.6 is 0 Å². The fraction of sp³-hybridized carbons (Fsp3) is 0.211. The molecular weight excluding hydrogens is 614 g/mol. The van der Waals surface area contributed by atoms with Crippen LogP contribution in [0.1, 0.15) is 57.3 Å². The van der Waals surface area contributed by atoms with E-state index in [9.17, 15) is 18.3 Å². The van der Waals surface area contributed by atoms with E-state index in [0.717, 1.165) is 39.6 Å². The van der Waals surface area contributed by atoms with E-state index in [4.69, 9.17) is 8.92 Å². The second-order valence-corrected chi connectivity index (χ2v) is 13.3. The Morgan fingerprint density at radius 2 is 1.34 bits per heavy atom. The van der Waals surface area contributed by atoms with E-state index in [1.54, 1.807) is 6.07 Å². The summed E-state index contributed by atoms with van der Waals surface area (Å²) in [4.78, 5) is 3.15. The van der Waals surface area contributed by atoms with Crippen molar-refractivity contribution in [3.05, 3.63) is 189 Å². The average Bonchev–Trinajstić information content (AvgIpc) is 3.20. The number of azide groups is 1. The second kappa shape index (κ2) is 13.9. The highest BCUT2D eigenvalue weighted by molar-refractivity contribution is 7.86. The van der Waals surface area contributed by atoms with Gasteiger partial charge in [0.15, 0.2) is 0 Å². The van der Waals surface area contributed by atoms with Crippen LogP contribution in [0, 0.1) is 5.82 Å². The smallest absolute Gasteiger partial charge is 0.264 e. The van der Waals surface area contributed by atoms with Gasteiger partial charge in [-0.15, -0.1) is 0 Å². The van der Waals surface area contributed by atoms with Crippen molar-refractivity contribution >= 4 is 10.1 Å². The molecule has 6 rings (SSSR count). The highest BCUT2D eigenvalue weighted by Crippen LogP contribution is 2.46. The quantitative estimate of drug-likeness (QED) is 0.0471. The number of fused-ring (bicyclic) bond motifs is 2. The van der Waals surface area contributed by atoms with E-state index in [1.807, 2.05) is 115 Å². The minimum absolute atomic E-state index is 0.109. The fourth-order valence-corrected chi connectivity index (χ4v) is 7.39. The molecule has 7 nitrogen and oxygen atoms in total. The molecule has 238 valence electrons. The number of hydrogen-bond donors (Lipinski definition) is 0. The highest BCUT2D eigenvalue weighted by Gasteiger charge is 2.40. The summed E-state index contributed by atoms with van der Waals surface area (Å²) in [6.45, 7) is -0.136. The maximum absolute atomic E-state index is 14.7. The van der Waals surface area contributed by atoms with E-state index in [0.29, 0.717) is 12.0 Å². The monoisotopic (exact) mass is 647 g/mol. The number of halogens is 1. The van der Waals surface area contributed by atoms with E-state index in [2.05, 4.69) is 10.0 Å². The molecule has 5 aromatic rings. The lowest BCUT2D eigenvalue weighted by molar-refractivity contribution is -0.0327. The first kappa shape index (κ1) is 32.2. The number of rotatable bonds is 11. The van der Waals surface area contributed by atoms with Crippen molar-refractivity contribution in [3.63, 3.8) is 0 Å². The number of hydrogen-bond acceptors (Lipinski definition) is 5. The van der Waals surface area contributed by atoms with Crippen molar-refractivity contribution < 1.29 is 21.7 Å². The van der Waals surface area contributed by atoms with Crippen LogP contribution in [0.25, 0.3) is 10.4 Å². The lowest BCUT2D eigenvalue weighted by Gasteiger charge is -2.37. The fourth-order valence-electron chi connectivity index (χ4n) is 6.76. The van der Waals surface area contributed by atoms with E-state index >= 15 is 0 Å². The Morgan fingerprint density at radius 3 is 1.89 bits per heavy atom. The van der Waals surface area contributed by atoms with Gasteiger partial charge >= 0.3 is 0 Å². The molecule has 0 fully saturated rings. The molecule has 0 N–H and O–H groups in total. The van der Waals surface area contributed by atoms with Crippen molar-refractivity contribution in [1.29, 1.82) is 0 Å². The second-order valence-electron chi connectivity index (χ2n) is 11.7. The highest BCUT2D eigenvalue weighted by atomic mass is 32.2. The van der Waals surface area contributed by atoms with Crippen LogP contribution in [0.2, 0.25) is 0 Å². The van der Waals surface area contributed by atoms with Gasteiger partial charge in [-0.2, -0.15) is 8.42 Å². The third-order valence-electron chi connectivity index (χ3n) is 8.67. The summed E-state index contributed by atoms with van der Waals surface area (Å²) < 4.78 is 53.0. The van der Waals surface area contributed by atoms with Crippen LogP contribution in [-0.4, -0.2) is 27.4 Å². The summed E-state index contributed by atoms with van der Waals surface area (Å²) in [7, 11) is -3.96. The molecule has 3 atom stereocenters. The van der Waals surface area contributed by atoms with Gasteiger partial charge in [0.05, 0.1) is 18.9 Å². The van der Waals surface area contributed by atoms with Gasteiger partial charge in [-0.3, -0.25) is 4.18 Å². The molecular formula is C38H34FN3O4S. The van der Waals surface area contributed by atoms with Crippen LogP contribution in [0.4, 0.5) is 4.39 Å². The Hall–Kier alpha value is -4.79. The zero-order valence-electron chi connectivity index (χ0n) is 25.8. The van der Waals surface area contributed by atoms with Gasteiger partial charge in [-0.1, -0.05) is 126 Å². The number of benzene rings is 5. The van der Waals surface area contributed by atoms with Gasteiger partial charge in [-0.05, 0) is 75.4 Å². The van der Waals surface area contributed by atoms with Gasteiger partial charge in [0, 0.05) is 4.91 Å². The van der Waals surface area contributed by atoms with Gasteiger partial charge < -0.3 is 4.74 Å². The zero-order chi connectivity index (χ0) is 32.9. The molecule has 0 spiro atoms. The molecule has 1 aliphatic carbocycles. The molecule has 0 aromatic heterocycles. The molecule has 0 unspecified atom stereocenters. The molecule has 5 aromatic carbocycles. The Labute approximate surface area is 274 Å². The maximum atomic E-state index is 14.7. The summed E-state index contributed by atoms with van der Waals surface area (Å²) >= 11 is 0. The van der Waals surface area contributed by atoms with Crippen LogP contribution in [-0.2, 0) is 31.1 Å². The van der Waals surface area contributed by atoms with Crippen molar-refractivity contribution in [2.24, 2.45) is 5.11 Å². The molecule has 0 heterocycles. The summed E-state index contributed by atoms with van der Waals surface area (Å²) in [6, 6.07) is 40.8. The standard InChI is InChI=1S/C38H34FN3O4S/c1-47(43,44)46-33(25-36-34-20-12-11-13-27(34)23-28-21-22-32(39)24-35(28)37(36)41-42-40)26-45-38(29-14-5-2-6-15-29,30-16-7-3-8-17-30)31-18-9-4-10-19-31/h2-22,24,33,36-37H,23,25-26H2,1H3/t33-,36-,37-/m1/s1. The van der Waals surface area contributed by atoms with Crippen molar-refractivity contribution in [2.45, 2.75) is 36.5 Å². The molecule has 47 heavy (non-hydrogen) atoms. The van der Waals surface area contributed by atoms with E-state index in [-0.39, 0.29) is 13.0 Å². The van der Waals surface area contributed by atoms with E-state index in [1.165, 1.54) is 12.1 Å². The van der Waals surface area contributed by atoms with Crippen molar-refractivity contribution in [2.75, 3.05) is 12.9 Å². The Bertz CT molecular complexity index is 1890. The number of ether oxygens (including phenoxy) is 1. The third-order valence-corrected chi connectivity index (χ3v) is 9.30. The predicted octanol–water partition coefficient (Wildman–Crippen LogP) is 8.61. The average molecular weight is 648 g/mol. The molecule has 0 amide bonds. The van der Waals surface area contributed by atoms with Crippen LogP contribution < -0.4 is 0 Å². The summed E-state index contributed by atoms with van der Waals surface area (Å²) in [5.74, 6) is -0.989. The normalized spacial score (nSPS) is 16.6. The summed E-state index contributed by atoms with van der Waals surface area (Å²) in [5, 5.41) is 4.18. The third kappa shape index (κ3) is 6.99. The van der Waals surface area contributed by atoms with Crippen LogP contribution in [0.15, 0.2) is 139 Å². The lowest BCUT2D eigenvalue weighted by atomic mass is 9.80. The van der Waals surface area contributed by atoms with Crippen LogP contribution in [0.3, 0.4) is 0 Å². The van der Waals surface area contributed by atoms with Crippen LogP contribution in [0.5, 0.6) is 0 Å². The van der Waals surface area contributed by atoms with Gasteiger partial charge in [0.1, 0.15) is 17.5 Å². The SMILES string of the molecule is CS(=O)(=O)O[C@@H](COC(c1ccccc1)(c1ccccc1)c1ccccc1)C[C@@H]1c2ccccc2Cc2ccc(F)cc2[C@H]1N=[N+]=[N-]. The van der Waals surface area contributed by atoms with Gasteiger partial charge in [0.2, 0.25) is 0 Å². The first-order valence-electron chi connectivity index (χ1n) is 15.4. The first-order chi connectivity index (χ1) is 22.8. The lowest BCUT2D eigenvalue weighted by Crippen LogP contribution is -2.37. The minimum atomic E-state index is -3.96. The largest absolute Gasteiger partial charge is 0.358 e. The van der Waals surface area contributed by atoms with E-state index < -0.39 is 39.6 Å². The maximum Gasteiger partial charge on any atom is 0.264 e. The van der Waals surface area contributed by atoms with Crippen molar-refractivity contribution in [3.8, 4) is 0 Å². The zero-order valence-corrected chi connectivity index (χ0v) is 26.6. The summed E-state index contributed by atoms with van der Waals surface area (Å²) in [6.07, 6.45) is 0.630. The molecule has 0 bridgehead atoms. The summed E-state index contributed by atoms with van der Waals surface area (Å²) in [5.41, 5.74) is 14.4. The first-order valence-corrected chi connectivity index (χ1v) is 17.2. The number of nitrogens with zero attached hydrogens (tertiary/aromatic N) is 3. The Balaban J connectivity index is 1.46. The van der Waals surface area contributed by atoms with Gasteiger partial charge in [0.25, 0.3) is 10.1 Å². The molecule has 0 saturated heterocycles. The minimum Gasteiger partial charge on any atom is -0.358 e. The topological polar surface area (TPSA) is 101 Å². The molecule has 9 heteroatoms. The predicted molar refractivity (Wildman–Crippen MR) is 180 cm³/mol. The van der Waals surface area contributed by atoms with Crippen molar-refractivity contribution in [1.82, 2.24) is 0 Å².